The van der Waals surface area contributed by atoms with Crippen LogP contribution in [0.25, 0.3) is 0 Å². The first-order valence-corrected chi connectivity index (χ1v) is 5.91. The van der Waals surface area contributed by atoms with Crippen molar-refractivity contribution in [3.8, 4) is 12.3 Å². The van der Waals surface area contributed by atoms with Crippen LogP contribution >= 0.6 is 0 Å². The molecule has 4 nitrogen and oxygen atoms in total. The minimum Gasteiger partial charge on any atom is -0.333 e. The lowest BCUT2D eigenvalue weighted by Gasteiger charge is -2.15. The van der Waals surface area contributed by atoms with Crippen LogP contribution < -0.4 is 10.2 Å². The van der Waals surface area contributed by atoms with Gasteiger partial charge < -0.3 is 10.2 Å². The van der Waals surface area contributed by atoms with E-state index in [0.717, 1.165) is 17.9 Å². The Labute approximate surface area is 102 Å². The molecule has 0 amide bonds. The van der Waals surface area contributed by atoms with E-state index in [1.54, 1.807) is 0 Å². The van der Waals surface area contributed by atoms with Gasteiger partial charge >= 0.3 is 0 Å². The highest BCUT2D eigenvalue weighted by atomic mass is 15.2. The lowest BCUT2D eigenvalue weighted by atomic mass is 10.3. The minimum absolute atomic E-state index is 0.527. The smallest absolute Gasteiger partial charge is 0.226 e. The van der Waals surface area contributed by atoms with E-state index in [2.05, 4.69) is 21.2 Å². The highest BCUT2D eigenvalue weighted by Crippen LogP contribution is 2.19. The van der Waals surface area contributed by atoms with Crippen LogP contribution in [-0.4, -0.2) is 29.6 Å². The summed E-state index contributed by atoms with van der Waals surface area (Å²) in [7, 11) is 1.91. The summed E-state index contributed by atoms with van der Waals surface area (Å²) < 4.78 is 0. The van der Waals surface area contributed by atoms with E-state index in [-0.39, 0.29) is 0 Å². The number of terminal acetylenes is 1. The molecular formula is C13H18N4. The van der Waals surface area contributed by atoms with E-state index in [1.807, 2.05) is 24.9 Å². The van der Waals surface area contributed by atoms with Crippen molar-refractivity contribution in [1.29, 1.82) is 0 Å². The van der Waals surface area contributed by atoms with E-state index >= 15 is 0 Å². The first-order chi connectivity index (χ1) is 8.19. The molecule has 2 rings (SSSR count). The zero-order valence-electron chi connectivity index (χ0n) is 10.4. The van der Waals surface area contributed by atoms with Gasteiger partial charge in [-0.3, -0.25) is 0 Å². The third kappa shape index (κ3) is 3.43. The number of anilines is 1. The summed E-state index contributed by atoms with van der Waals surface area (Å²) in [6, 6.07) is 2.71. The van der Waals surface area contributed by atoms with Gasteiger partial charge in [0.05, 0.1) is 12.2 Å². The number of nitrogens with one attached hydrogen (secondary N) is 1. The third-order valence-electron chi connectivity index (χ3n) is 2.71. The van der Waals surface area contributed by atoms with Crippen LogP contribution in [0.5, 0.6) is 0 Å². The summed E-state index contributed by atoms with van der Waals surface area (Å²) in [6.45, 7) is 3.32. The Hall–Kier alpha value is -1.60. The van der Waals surface area contributed by atoms with Gasteiger partial charge in [-0.2, -0.15) is 0 Å². The molecule has 4 heteroatoms. The largest absolute Gasteiger partial charge is 0.333 e. The van der Waals surface area contributed by atoms with Crippen molar-refractivity contribution in [1.82, 2.24) is 15.3 Å². The molecule has 0 unspecified atom stereocenters. The van der Waals surface area contributed by atoms with E-state index in [9.17, 15) is 0 Å². The Bertz CT molecular complexity index is 432. The van der Waals surface area contributed by atoms with Crippen LogP contribution in [0.2, 0.25) is 0 Å². The van der Waals surface area contributed by atoms with Crippen molar-refractivity contribution in [3.05, 3.63) is 17.5 Å². The molecule has 0 aromatic carbocycles. The van der Waals surface area contributed by atoms with Crippen molar-refractivity contribution in [3.63, 3.8) is 0 Å². The maximum absolute atomic E-state index is 5.29. The Morgan fingerprint density at radius 3 is 2.94 bits per heavy atom. The molecule has 1 saturated carbocycles. The minimum atomic E-state index is 0.527. The normalized spacial score (nSPS) is 14.4. The van der Waals surface area contributed by atoms with Crippen molar-refractivity contribution >= 4 is 5.95 Å². The molecule has 1 aliphatic rings. The van der Waals surface area contributed by atoms with Crippen molar-refractivity contribution in [2.45, 2.75) is 32.4 Å². The van der Waals surface area contributed by atoms with Crippen LogP contribution in [0.1, 0.15) is 24.2 Å². The van der Waals surface area contributed by atoms with Crippen LogP contribution in [0, 0.1) is 19.3 Å². The van der Waals surface area contributed by atoms with Gasteiger partial charge in [-0.1, -0.05) is 5.92 Å². The molecule has 1 aliphatic carbocycles. The predicted molar refractivity (Wildman–Crippen MR) is 68.7 cm³/mol. The maximum atomic E-state index is 5.29. The Morgan fingerprint density at radius 1 is 1.53 bits per heavy atom. The highest BCUT2D eigenvalue weighted by molar-refractivity contribution is 5.33. The molecule has 1 N–H and O–H groups in total. The number of hydrogen-bond acceptors (Lipinski definition) is 4. The van der Waals surface area contributed by atoms with Crippen molar-refractivity contribution in [2.75, 3.05) is 18.5 Å². The van der Waals surface area contributed by atoms with Crippen LogP contribution in [0.15, 0.2) is 6.07 Å². The molecule has 0 radical (unpaired) electrons. The monoisotopic (exact) mass is 230 g/mol. The third-order valence-corrected chi connectivity index (χ3v) is 2.71. The van der Waals surface area contributed by atoms with Gasteiger partial charge in [0.25, 0.3) is 0 Å². The molecule has 0 saturated heterocycles. The second-order valence-corrected chi connectivity index (χ2v) is 4.52. The first kappa shape index (κ1) is 11.9. The summed E-state index contributed by atoms with van der Waals surface area (Å²) >= 11 is 0. The fraction of sp³-hybridized carbons (Fsp3) is 0.538. The van der Waals surface area contributed by atoms with Gasteiger partial charge in [-0.25, -0.2) is 9.97 Å². The number of nitrogens with zero attached hydrogens (tertiary/aromatic N) is 3. The standard InChI is InChI=1S/C13H18N4/c1-4-7-17(3)13-15-10(2)8-12(16-13)9-14-11-5-6-11/h1,8,11,14H,5-7,9H2,2-3H3. The van der Waals surface area contributed by atoms with Crippen molar-refractivity contribution < 1.29 is 0 Å². The van der Waals surface area contributed by atoms with Gasteiger partial charge in [-0.15, -0.1) is 6.42 Å². The van der Waals surface area contributed by atoms with Gasteiger partial charge in [0, 0.05) is 25.3 Å². The summed E-state index contributed by atoms with van der Waals surface area (Å²) in [5, 5.41) is 3.45. The molecule has 0 atom stereocenters. The zero-order chi connectivity index (χ0) is 12.3. The Balaban J connectivity index is 2.07. The van der Waals surface area contributed by atoms with Crippen LogP contribution in [0.3, 0.4) is 0 Å². The molecule has 1 aromatic rings. The number of aromatic nitrogens is 2. The summed E-state index contributed by atoms with van der Waals surface area (Å²) in [6.07, 6.45) is 7.86. The molecule has 1 fully saturated rings. The molecule has 0 spiro atoms. The number of aryl methyl sites for hydroxylation is 1. The second kappa shape index (κ2) is 5.15. The average Bonchev–Trinajstić information content (AvgIpc) is 3.10. The van der Waals surface area contributed by atoms with E-state index in [1.165, 1.54) is 12.8 Å². The molecule has 17 heavy (non-hydrogen) atoms. The Morgan fingerprint density at radius 2 is 2.29 bits per heavy atom. The summed E-state index contributed by atoms with van der Waals surface area (Å²) in [5.41, 5.74) is 2.01. The van der Waals surface area contributed by atoms with Gasteiger partial charge in [-0.05, 0) is 25.8 Å². The molecule has 90 valence electrons. The summed E-state index contributed by atoms with van der Waals surface area (Å²) in [4.78, 5) is 10.8. The van der Waals surface area contributed by atoms with Crippen LogP contribution in [0.4, 0.5) is 5.95 Å². The molecule has 0 aliphatic heterocycles. The van der Waals surface area contributed by atoms with E-state index in [0.29, 0.717) is 18.5 Å². The molecular weight excluding hydrogens is 212 g/mol. The first-order valence-electron chi connectivity index (χ1n) is 5.91. The highest BCUT2D eigenvalue weighted by Gasteiger charge is 2.20. The van der Waals surface area contributed by atoms with Gasteiger partial charge in [0.15, 0.2) is 0 Å². The fourth-order valence-corrected chi connectivity index (χ4v) is 1.62. The van der Waals surface area contributed by atoms with Gasteiger partial charge in [0.1, 0.15) is 0 Å². The van der Waals surface area contributed by atoms with E-state index < -0.39 is 0 Å². The molecule has 0 bridgehead atoms. The lowest BCUT2D eigenvalue weighted by Crippen LogP contribution is -2.22. The van der Waals surface area contributed by atoms with Gasteiger partial charge in [0.2, 0.25) is 5.95 Å². The topological polar surface area (TPSA) is 41.1 Å². The van der Waals surface area contributed by atoms with E-state index in [4.69, 9.17) is 6.42 Å². The SMILES string of the molecule is C#CCN(C)c1nc(C)cc(CNC2CC2)n1. The fourth-order valence-electron chi connectivity index (χ4n) is 1.62. The number of hydrogen-bond donors (Lipinski definition) is 1. The van der Waals surface area contributed by atoms with Crippen molar-refractivity contribution in [2.24, 2.45) is 0 Å². The summed E-state index contributed by atoms with van der Waals surface area (Å²) in [5.74, 6) is 3.30. The number of rotatable bonds is 5. The molecule has 1 aromatic heterocycles. The average molecular weight is 230 g/mol. The molecule has 1 heterocycles. The van der Waals surface area contributed by atoms with Crippen LogP contribution in [-0.2, 0) is 6.54 Å². The quantitative estimate of drug-likeness (QED) is 0.769. The second-order valence-electron chi connectivity index (χ2n) is 4.52. The Kier molecular flexibility index (Phi) is 3.60. The lowest BCUT2D eigenvalue weighted by molar-refractivity contribution is 0.670. The zero-order valence-corrected chi connectivity index (χ0v) is 10.4. The predicted octanol–water partition coefficient (Wildman–Crippen LogP) is 1.11. The maximum Gasteiger partial charge on any atom is 0.226 e.